The van der Waals surface area contributed by atoms with Crippen LogP contribution in [0.15, 0.2) is 73.1 Å². The van der Waals surface area contributed by atoms with Crippen molar-refractivity contribution < 1.29 is 28.9 Å². The summed E-state index contributed by atoms with van der Waals surface area (Å²) in [7, 11) is -2.37. The highest BCUT2D eigenvalue weighted by Crippen LogP contribution is 2.37. The zero-order valence-corrected chi connectivity index (χ0v) is 26.7. The molecule has 0 unspecified atom stereocenters. The van der Waals surface area contributed by atoms with E-state index in [4.69, 9.17) is 24.5 Å². The molecule has 0 aliphatic heterocycles. The summed E-state index contributed by atoms with van der Waals surface area (Å²) in [5.74, 6) is 1.78. The van der Waals surface area contributed by atoms with Crippen molar-refractivity contribution in [3.8, 4) is 17.2 Å². The lowest BCUT2D eigenvalue weighted by atomic mass is 10.1. The van der Waals surface area contributed by atoms with Crippen LogP contribution in [0.1, 0.15) is 43.0 Å². The van der Waals surface area contributed by atoms with Gasteiger partial charge in [-0.1, -0.05) is 25.0 Å². The number of hydrogen-bond acceptors (Lipinski definition) is 10. The monoisotopic (exact) mass is 656 g/mol. The number of hydrogen-bond donors (Lipinski definition) is 2. The van der Waals surface area contributed by atoms with Crippen molar-refractivity contribution in [2.75, 3.05) is 18.6 Å². The molecule has 0 amide bonds. The lowest BCUT2D eigenvalue weighted by Crippen LogP contribution is -2.08. The van der Waals surface area contributed by atoms with Crippen molar-refractivity contribution in [3.63, 3.8) is 0 Å². The number of aromatic nitrogens is 4. The van der Waals surface area contributed by atoms with E-state index in [9.17, 15) is 19.5 Å². The average Bonchev–Trinajstić information content (AvgIpc) is 3.72. The molecule has 1 aliphatic carbocycles. The van der Waals surface area contributed by atoms with Crippen LogP contribution in [-0.2, 0) is 17.5 Å². The van der Waals surface area contributed by atoms with Crippen LogP contribution >= 0.6 is 7.14 Å². The topological polar surface area (TPSA) is 172 Å². The Morgan fingerprint density at radius 2 is 1.83 bits per heavy atom. The summed E-state index contributed by atoms with van der Waals surface area (Å²) < 4.78 is 25.1. The number of carbonyl (C=O) groups is 1. The van der Waals surface area contributed by atoms with Crippen LogP contribution < -0.4 is 20.1 Å². The van der Waals surface area contributed by atoms with E-state index in [-0.39, 0.29) is 23.1 Å². The molecule has 6 rings (SSSR count). The first kappa shape index (κ1) is 31.7. The predicted molar refractivity (Wildman–Crippen MR) is 177 cm³/mol. The van der Waals surface area contributed by atoms with Crippen LogP contribution in [0.5, 0.6) is 17.2 Å². The van der Waals surface area contributed by atoms with Gasteiger partial charge in [-0.15, -0.1) is 0 Å². The van der Waals surface area contributed by atoms with Crippen LogP contribution in [0, 0.1) is 10.1 Å². The van der Waals surface area contributed by atoms with Gasteiger partial charge in [-0.3, -0.25) is 10.1 Å². The molecule has 47 heavy (non-hydrogen) atoms. The van der Waals surface area contributed by atoms with Crippen molar-refractivity contribution >= 4 is 47.0 Å². The quantitative estimate of drug-likeness (QED) is 0.0475. The number of nitro groups is 1. The molecule has 2 N–H and O–H groups in total. The van der Waals surface area contributed by atoms with Crippen LogP contribution in [0.25, 0.3) is 11.2 Å². The number of nitrogens with one attached hydrogen (secondary N) is 1. The number of nitrogens with zero attached hydrogens (tertiary/aromatic N) is 5. The number of fused-ring (bicyclic) bond motifs is 1. The van der Waals surface area contributed by atoms with Gasteiger partial charge in [0.25, 0.3) is 5.69 Å². The standard InChI is InChI=1S/C33H33N6O7P/c1-47(2,44)26-13-10-23(11-14-26)35-31-29-32(37-30(36-31)22-7-3-4-8-22)38(20-34-29)17-16-21-6-5-9-25(18-21)45-28-19-24(39(42)43)12-15-27(28)46-33(40)41/h5-6,9-15,18-20,22H,3-4,7-8,16-17H2,1-2H3,(H,40,41)(H,35,36,37). The van der Waals surface area contributed by atoms with E-state index < -0.39 is 18.2 Å². The molecular formula is C33H33N6O7P. The number of benzene rings is 3. The molecule has 1 aliphatic rings. The first-order valence-corrected chi connectivity index (χ1v) is 17.7. The van der Waals surface area contributed by atoms with Crippen LogP contribution in [0.4, 0.5) is 22.0 Å². The summed E-state index contributed by atoms with van der Waals surface area (Å²) in [4.78, 5) is 36.4. The molecule has 3 aromatic carbocycles. The van der Waals surface area contributed by atoms with Gasteiger partial charge in [0.15, 0.2) is 28.5 Å². The normalized spacial score (nSPS) is 13.5. The Labute approximate surface area is 270 Å². The second kappa shape index (κ2) is 13.2. The Hall–Kier alpha value is -5.29. The number of ether oxygens (including phenoxy) is 2. The molecule has 1 fully saturated rings. The fraction of sp³-hybridized carbons (Fsp3) is 0.273. The minimum atomic E-state index is -2.37. The van der Waals surface area contributed by atoms with Crippen molar-refractivity contribution in [1.82, 2.24) is 19.5 Å². The number of aryl methyl sites for hydroxylation is 2. The van der Waals surface area contributed by atoms with Crippen LogP contribution in [0.2, 0.25) is 0 Å². The number of imidazole rings is 1. The minimum Gasteiger partial charge on any atom is -0.453 e. The van der Waals surface area contributed by atoms with Crippen LogP contribution in [0.3, 0.4) is 0 Å². The largest absolute Gasteiger partial charge is 0.511 e. The number of carboxylic acid groups (broad SMARTS) is 1. The molecular weight excluding hydrogens is 623 g/mol. The van der Waals surface area contributed by atoms with Gasteiger partial charge in [-0.25, -0.2) is 19.7 Å². The van der Waals surface area contributed by atoms with E-state index >= 15 is 0 Å². The van der Waals surface area contributed by atoms with Gasteiger partial charge in [0.05, 0.1) is 17.3 Å². The third-order valence-electron chi connectivity index (χ3n) is 8.06. The lowest BCUT2D eigenvalue weighted by Gasteiger charge is -2.14. The fourth-order valence-corrected chi connectivity index (χ4v) is 6.50. The Morgan fingerprint density at radius 3 is 2.53 bits per heavy atom. The van der Waals surface area contributed by atoms with Gasteiger partial charge in [0, 0.05) is 29.5 Å². The molecule has 13 nitrogen and oxygen atoms in total. The summed E-state index contributed by atoms with van der Waals surface area (Å²) in [6.07, 6.45) is 5.11. The van der Waals surface area contributed by atoms with Crippen molar-refractivity contribution in [2.24, 2.45) is 0 Å². The SMILES string of the molecule is CP(C)(=O)c1ccc(Nc2nc(C3CCCC3)nc3c2ncn3CCc2cccc(Oc3cc([N+](=O)[O-])ccc3OC(=O)O)c2)cc1. The van der Waals surface area contributed by atoms with Crippen molar-refractivity contribution in [2.45, 2.75) is 44.6 Å². The van der Waals surface area contributed by atoms with Crippen LogP contribution in [-0.4, -0.2) is 49.0 Å². The molecule has 5 aromatic rings. The molecule has 0 spiro atoms. The third-order valence-corrected chi connectivity index (χ3v) is 9.60. The summed E-state index contributed by atoms with van der Waals surface area (Å²) >= 11 is 0. The Morgan fingerprint density at radius 1 is 1.06 bits per heavy atom. The van der Waals surface area contributed by atoms with E-state index in [0.717, 1.165) is 60.2 Å². The molecule has 242 valence electrons. The smallest absolute Gasteiger partial charge is 0.453 e. The summed E-state index contributed by atoms with van der Waals surface area (Å²) in [5.41, 5.74) is 2.81. The van der Waals surface area contributed by atoms with E-state index in [0.29, 0.717) is 35.7 Å². The maximum absolute atomic E-state index is 12.5. The summed E-state index contributed by atoms with van der Waals surface area (Å²) in [5, 5.41) is 24.6. The first-order valence-electron chi connectivity index (χ1n) is 15.1. The molecule has 0 bridgehead atoms. The highest BCUT2D eigenvalue weighted by molar-refractivity contribution is 7.70. The molecule has 2 aromatic heterocycles. The van der Waals surface area contributed by atoms with E-state index in [1.54, 1.807) is 37.9 Å². The molecule has 2 heterocycles. The molecule has 0 atom stereocenters. The number of non-ortho nitro benzene ring substituents is 1. The number of nitro benzene ring substituents is 1. The van der Waals surface area contributed by atoms with Gasteiger partial charge in [0.1, 0.15) is 18.7 Å². The van der Waals surface area contributed by atoms with Gasteiger partial charge in [0.2, 0.25) is 0 Å². The summed E-state index contributed by atoms with van der Waals surface area (Å²) in [6, 6.07) is 18.2. The number of rotatable bonds is 11. The second-order valence-corrected chi connectivity index (χ2v) is 15.0. The van der Waals surface area contributed by atoms with Crippen molar-refractivity contribution in [3.05, 3.63) is 94.6 Å². The van der Waals surface area contributed by atoms with Crippen molar-refractivity contribution in [1.29, 1.82) is 0 Å². The van der Waals surface area contributed by atoms with Gasteiger partial charge in [-0.05, 0) is 80.6 Å². The molecule has 0 radical (unpaired) electrons. The Bertz CT molecular complexity index is 2000. The molecule has 14 heteroatoms. The fourth-order valence-electron chi connectivity index (χ4n) is 5.63. The van der Waals surface area contributed by atoms with Gasteiger partial charge in [-0.2, -0.15) is 0 Å². The zero-order valence-electron chi connectivity index (χ0n) is 25.8. The second-order valence-electron chi connectivity index (χ2n) is 11.8. The molecule has 1 saturated carbocycles. The molecule has 0 saturated heterocycles. The average molecular weight is 657 g/mol. The maximum atomic E-state index is 12.5. The predicted octanol–water partition coefficient (Wildman–Crippen LogP) is 7.48. The Kier molecular flexibility index (Phi) is 8.91. The van der Waals surface area contributed by atoms with Gasteiger partial charge >= 0.3 is 6.16 Å². The Balaban J connectivity index is 1.25. The van der Waals surface area contributed by atoms with E-state index in [2.05, 4.69) is 10.3 Å². The third kappa shape index (κ3) is 7.41. The minimum absolute atomic E-state index is 0.0939. The van der Waals surface area contributed by atoms with E-state index in [1.807, 2.05) is 34.9 Å². The summed E-state index contributed by atoms with van der Waals surface area (Å²) in [6.45, 7) is 4.04. The highest BCUT2D eigenvalue weighted by Gasteiger charge is 2.23. The first-order chi connectivity index (χ1) is 22.5. The van der Waals surface area contributed by atoms with Gasteiger partial charge < -0.3 is 29.0 Å². The zero-order chi connectivity index (χ0) is 33.1. The maximum Gasteiger partial charge on any atom is 0.511 e. The highest BCUT2D eigenvalue weighted by atomic mass is 31.2. The van der Waals surface area contributed by atoms with E-state index in [1.165, 1.54) is 6.07 Å². The lowest BCUT2D eigenvalue weighted by molar-refractivity contribution is -0.384. The number of anilines is 2.